The third kappa shape index (κ3) is 4.97. The van der Waals surface area contributed by atoms with Crippen LogP contribution in [0.3, 0.4) is 0 Å². The lowest BCUT2D eigenvalue weighted by Gasteiger charge is -2.09. The Bertz CT molecular complexity index is 2240. The second-order valence-electron chi connectivity index (χ2n) is 13.8. The summed E-state index contributed by atoms with van der Waals surface area (Å²) in [6, 6.07) is 0. The number of aliphatic imine (C=N–C) groups is 4. The quantitative estimate of drug-likeness (QED) is 0.295. The highest BCUT2D eigenvalue weighted by atomic mass is 15.4. The Balaban J connectivity index is 1.38. The molecule has 12 heteroatoms. The SMILES string of the molecule is Cn1cc(C2=C3C=CC(=N3)C(c3cn(C)[n+](C)c3)=C3C=CC(=N3)C(c3cn(C)[n+](C)c3)=C3C=CC(=N3)C(c3cn(C)[n+](C)c3)=C3C=CC2=N3)c[n+]1C. The molecule has 5 aliphatic rings. The summed E-state index contributed by atoms with van der Waals surface area (Å²) < 4.78 is 16.5. The maximum atomic E-state index is 5.37. The van der Waals surface area contributed by atoms with Gasteiger partial charge in [-0.05, 0) is 48.6 Å². The van der Waals surface area contributed by atoms with Gasteiger partial charge in [0.05, 0.1) is 121 Å². The van der Waals surface area contributed by atoms with Crippen LogP contribution in [0, 0.1) is 0 Å². The van der Waals surface area contributed by atoms with Crippen LogP contribution >= 0.6 is 0 Å². The molecule has 9 rings (SSSR count). The Morgan fingerprint density at radius 1 is 0.346 bits per heavy atom. The molecule has 0 atom stereocenters. The Labute approximate surface area is 301 Å². The predicted molar refractivity (Wildman–Crippen MR) is 200 cm³/mol. The molecule has 0 aliphatic carbocycles. The Morgan fingerprint density at radius 2 is 0.558 bits per heavy atom. The standard InChI is InChI=1S/C40H40N12/c1-45-17-25(18-46(45)2)37-29-9-11-31(41-29)38(26-19-47(3)48(4)20-26)33-13-15-35(43-33)40(28-23-51(7)52(8)24-28)36-16-14-34(44-36)39(32-12-10-30(37)42-32)27-21-49(5)50(6)22-27/h9-24H,1-8H3/q+4. The maximum absolute atomic E-state index is 5.37. The fourth-order valence-corrected chi connectivity index (χ4v) is 7.26. The average molecular weight is 689 g/mol. The van der Waals surface area contributed by atoms with Crippen molar-refractivity contribution in [2.75, 3.05) is 0 Å². The minimum absolute atomic E-state index is 0.841. The third-order valence-electron chi connectivity index (χ3n) is 10.4. The highest BCUT2D eigenvalue weighted by Crippen LogP contribution is 2.38. The smallest absolute Gasteiger partial charge is 0.203 e. The summed E-state index contributed by atoms with van der Waals surface area (Å²) in [5.74, 6) is 0. The number of aromatic nitrogens is 8. The van der Waals surface area contributed by atoms with Gasteiger partial charge in [0.25, 0.3) is 0 Å². The molecule has 0 aromatic carbocycles. The minimum atomic E-state index is 0.841. The van der Waals surface area contributed by atoms with E-state index in [4.69, 9.17) is 20.0 Å². The van der Waals surface area contributed by atoms with E-state index in [9.17, 15) is 0 Å². The van der Waals surface area contributed by atoms with Gasteiger partial charge in [-0.15, -0.1) is 18.7 Å². The zero-order chi connectivity index (χ0) is 36.0. The fraction of sp³-hybridized carbons (Fsp3) is 0.200. The molecule has 0 saturated heterocycles. The molecule has 8 bridgehead atoms. The van der Waals surface area contributed by atoms with Gasteiger partial charge >= 0.3 is 0 Å². The van der Waals surface area contributed by atoms with E-state index >= 15 is 0 Å². The predicted octanol–water partition coefficient (Wildman–Crippen LogP) is 2.34. The lowest BCUT2D eigenvalue weighted by Crippen LogP contribution is -2.35. The lowest BCUT2D eigenvalue weighted by molar-refractivity contribution is -0.751. The number of allylic oxidation sites excluding steroid dienone is 12. The van der Waals surface area contributed by atoms with E-state index in [1.807, 2.05) is 56.4 Å². The molecule has 5 aliphatic heterocycles. The molecular formula is C40H40N12+4. The normalized spacial score (nSPS) is 17.8. The van der Waals surface area contributed by atoms with Crippen LogP contribution in [0.25, 0.3) is 22.3 Å². The van der Waals surface area contributed by atoms with Crippen LogP contribution in [0.1, 0.15) is 22.3 Å². The molecule has 9 heterocycles. The van der Waals surface area contributed by atoms with Crippen LogP contribution in [0.2, 0.25) is 0 Å². The first-order valence-corrected chi connectivity index (χ1v) is 17.2. The summed E-state index contributed by atoms with van der Waals surface area (Å²) in [5.41, 5.74) is 14.7. The van der Waals surface area contributed by atoms with E-state index in [1.54, 1.807) is 0 Å². The van der Waals surface area contributed by atoms with Crippen molar-refractivity contribution in [3.8, 4) is 0 Å². The molecule has 4 aromatic rings. The monoisotopic (exact) mass is 688 g/mol. The van der Waals surface area contributed by atoms with Crippen molar-refractivity contribution in [1.82, 2.24) is 18.7 Å². The Kier molecular flexibility index (Phi) is 6.94. The molecule has 0 N–H and O–H groups in total. The second kappa shape index (κ2) is 11.5. The van der Waals surface area contributed by atoms with Gasteiger partial charge in [-0.3, -0.25) is 0 Å². The molecular weight excluding hydrogens is 649 g/mol. The summed E-state index contributed by atoms with van der Waals surface area (Å²) in [5, 5.41) is 0. The van der Waals surface area contributed by atoms with Gasteiger partial charge < -0.3 is 0 Å². The third-order valence-corrected chi connectivity index (χ3v) is 10.4. The topological polar surface area (TPSA) is 84.7 Å². The highest BCUT2D eigenvalue weighted by Gasteiger charge is 2.31. The first-order valence-electron chi connectivity index (χ1n) is 17.2. The van der Waals surface area contributed by atoms with Crippen LogP contribution in [0.4, 0.5) is 0 Å². The van der Waals surface area contributed by atoms with Crippen molar-refractivity contribution in [1.29, 1.82) is 0 Å². The number of rotatable bonds is 4. The Hall–Kier alpha value is -6.56. The van der Waals surface area contributed by atoms with Crippen molar-refractivity contribution >= 4 is 45.1 Å². The minimum Gasteiger partial charge on any atom is -0.248 e. The molecule has 12 nitrogen and oxygen atoms in total. The van der Waals surface area contributed by atoms with Crippen LogP contribution < -0.4 is 18.7 Å². The fourth-order valence-electron chi connectivity index (χ4n) is 7.26. The first-order chi connectivity index (χ1) is 25.0. The van der Waals surface area contributed by atoms with Crippen molar-refractivity contribution in [2.24, 2.45) is 76.4 Å². The van der Waals surface area contributed by atoms with E-state index in [1.165, 1.54) is 0 Å². The molecule has 0 unspecified atom stereocenters. The number of fused-ring (bicyclic) bond motifs is 4. The van der Waals surface area contributed by atoms with Gasteiger partial charge in [-0.1, -0.05) is 0 Å². The van der Waals surface area contributed by atoms with Gasteiger partial charge in [0, 0.05) is 22.3 Å². The number of hydrogen-bond acceptors (Lipinski definition) is 4. The summed E-state index contributed by atoms with van der Waals surface area (Å²) in [7, 11) is 16.3. The average Bonchev–Trinajstić information content (AvgIpc) is 3.95. The van der Waals surface area contributed by atoms with Crippen LogP contribution in [0.5, 0.6) is 0 Å². The zero-order valence-corrected chi connectivity index (χ0v) is 30.6. The van der Waals surface area contributed by atoms with Gasteiger partial charge in [-0.25, -0.2) is 20.0 Å². The summed E-state index contributed by atoms with van der Waals surface area (Å²) in [6.07, 6.45) is 33.8. The largest absolute Gasteiger partial charge is 0.248 e. The lowest BCUT2D eigenvalue weighted by atomic mass is 10.0. The molecule has 0 spiro atoms. The highest BCUT2D eigenvalue weighted by molar-refractivity contribution is 6.39. The Morgan fingerprint density at radius 3 is 0.731 bits per heavy atom. The van der Waals surface area contributed by atoms with Gasteiger partial charge in [0.2, 0.25) is 24.8 Å². The molecule has 0 amide bonds. The molecule has 0 fully saturated rings. The van der Waals surface area contributed by atoms with Crippen molar-refractivity contribution < 1.29 is 18.7 Å². The maximum Gasteiger partial charge on any atom is 0.203 e. The van der Waals surface area contributed by atoms with Crippen LogP contribution in [-0.4, -0.2) is 41.6 Å². The van der Waals surface area contributed by atoms with E-state index in [2.05, 4.69) is 136 Å². The summed E-state index contributed by atoms with van der Waals surface area (Å²) >= 11 is 0. The summed E-state index contributed by atoms with van der Waals surface area (Å²) in [4.78, 5) is 21.5. The van der Waals surface area contributed by atoms with Gasteiger partial charge in [0.1, 0.15) is 0 Å². The van der Waals surface area contributed by atoms with Crippen molar-refractivity contribution in [2.45, 2.75) is 0 Å². The van der Waals surface area contributed by atoms with E-state index < -0.39 is 0 Å². The molecule has 52 heavy (non-hydrogen) atoms. The van der Waals surface area contributed by atoms with E-state index in [-0.39, 0.29) is 0 Å². The number of aryl methyl sites for hydroxylation is 8. The second-order valence-corrected chi connectivity index (χ2v) is 13.8. The van der Waals surface area contributed by atoms with E-state index in [0.717, 1.165) is 90.2 Å². The van der Waals surface area contributed by atoms with Crippen molar-refractivity contribution in [3.63, 3.8) is 0 Å². The molecule has 256 valence electrons. The van der Waals surface area contributed by atoms with E-state index in [0.29, 0.717) is 0 Å². The van der Waals surface area contributed by atoms with Crippen LogP contribution in [0.15, 0.2) is 141 Å². The molecule has 4 aromatic heterocycles. The van der Waals surface area contributed by atoms with Gasteiger partial charge in [0.15, 0.2) is 28.2 Å². The van der Waals surface area contributed by atoms with Crippen LogP contribution in [-0.2, 0) is 56.4 Å². The number of hydrogen-bond donors (Lipinski definition) is 0. The van der Waals surface area contributed by atoms with Crippen molar-refractivity contribution in [3.05, 3.63) is 143 Å². The summed E-state index contributed by atoms with van der Waals surface area (Å²) in [6.45, 7) is 0. The van der Waals surface area contributed by atoms with Gasteiger partial charge in [-0.2, -0.15) is 18.7 Å². The zero-order valence-electron chi connectivity index (χ0n) is 30.6. The molecule has 0 saturated carbocycles. The molecule has 0 radical (unpaired) electrons. The number of nitrogens with zero attached hydrogens (tertiary/aromatic N) is 12. The first kappa shape index (κ1) is 31.4.